The Balaban J connectivity index is 1.00. The maximum atomic E-state index is 5.74. The normalized spacial score (nSPS) is 11.9. The number of nitrogens with zero attached hydrogens (tertiary/aromatic N) is 6. The predicted octanol–water partition coefficient (Wildman–Crippen LogP) is 17.9. The first-order valence-electron chi connectivity index (χ1n) is 25.9. The van der Waals surface area contributed by atoms with Crippen LogP contribution in [0.25, 0.3) is 144 Å². The van der Waals surface area contributed by atoms with Crippen molar-refractivity contribution in [2.75, 3.05) is 0 Å². The van der Waals surface area contributed by atoms with Gasteiger partial charge in [-0.2, -0.15) is 0 Å². The number of fused-ring (bicyclic) bond motifs is 12. The van der Waals surface area contributed by atoms with Gasteiger partial charge in [0.15, 0.2) is 5.82 Å². The second-order valence-corrected chi connectivity index (χ2v) is 19.8. The van der Waals surface area contributed by atoms with Crippen molar-refractivity contribution in [3.63, 3.8) is 0 Å². The monoisotopic (exact) mass is 968 g/mol. The van der Waals surface area contributed by atoms with Crippen LogP contribution in [0.15, 0.2) is 267 Å². The fourth-order valence-electron chi connectivity index (χ4n) is 12.3. The van der Waals surface area contributed by atoms with Crippen molar-refractivity contribution in [3.05, 3.63) is 267 Å². The van der Waals surface area contributed by atoms with Crippen molar-refractivity contribution in [1.82, 2.24) is 28.2 Å². The van der Waals surface area contributed by atoms with Gasteiger partial charge in [-0.05, 0) is 91.0 Å². The largest absolute Gasteiger partial charge is 0.309 e. The Hall–Kier alpha value is -10.3. The van der Waals surface area contributed by atoms with Gasteiger partial charge in [0.1, 0.15) is 0 Å². The Morgan fingerprint density at radius 2 is 0.434 bits per heavy atom. The van der Waals surface area contributed by atoms with E-state index in [1.807, 2.05) is 0 Å². The van der Waals surface area contributed by atoms with Gasteiger partial charge in [0, 0.05) is 82.5 Å². The lowest BCUT2D eigenvalue weighted by atomic mass is 10.0. The Labute approximate surface area is 436 Å². The molecule has 0 radical (unpaired) electrons. The molecule has 0 amide bonds. The molecule has 5 heterocycles. The number of aromatic nitrogens is 6. The van der Waals surface area contributed by atoms with E-state index in [2.05, 4.69) is 285 Å². The van der Waals surface area contributed by atoms with Crippen LogP contribution in [0.1, 0.15) is 0 Å². The van der Waals surface area contributed by atoms with Gasteiger partial charge in [-0.15, -0.1) is 0 Å². The third-order valence-corrected chi connectivity index (χ3v) is 15.5. The Morgan fingerprint density at radius 3 is 0.724 bits per heavy atom. The van der Waals surface area contributed by atoms with Crippen LogP contribution >= 0.6 is 0 Å². The lowest BCUT2D eigenvalue weighted by Crippen LogP contribution is -2.03. The van der Waals surface area contributed by atoms with Gasteiger partial charge in [-0.3, -0.25) is 0 Å². The summed E-state index contributed by atoms with van der Waals surface area (Å²) in [7, 11) is 0. The standard InChI is InChI=1S/C70H44N6/c1-2-20-45(21-3-1)60-44-61(46-38-48(73-62-30-12-4-22-52(62)53-23-5-13-31-63(53)73)42-49(39-46)74-64-32-14-6-24-54(64)55-25-7-15-33-65(55)74)72-70(71-60)47-40-50(75-66-34-16-8-26-56(66)57-27-9-17-35-67(57)75)43-51(41-47)76-68-36-18-10-28-58(68)59-29-11-19-37-69(59)76/h1-44H. The molecule has 0 aliphatic heterocycles. The van der Waals surface area contributed by atoms with E-state index in [1.165, 1.54) is 43.1 Å². The highest BCUT2D eigenvalue weighted by atomic mass is 15.0. The van der Waals surface area contributed by atoms with E-state index >= 15 is 0 Å². The first-order chi connectivity index (χ1) is 37.7. The van der Waals surface area contributed by atoms with E-state index in [0.29, 0.717) is 5.82 Å². The van der Waals surface area contributed by atoms with Crippen LogP contribution in [0, 0.1) is 0 Å². The van der Waals surface area contributed by atoms with Crippen LogP contribution in [-0.4, -0.2) is 28.2 Å². The average Bonchev–Trinajstić information content (AvgIpc) is 4.28. The fourth-order valence-corrected chi connectivity index (χ4v) is 12.3. The quantitative estimate of drug-likeness (QED) is 0.160. The summed E-state index contributed by atoms with van der Waals surface area (Å²) in [5.41, 5.74) is 17.7. The number of benzene rings is 11. The fraction of sp³-hybridized carbons (Fsp3) is 0. The second kappa shape index (κ2) is 16.6. The maximum Gasteiger partial charge on any atom is 0.160 e. The molecule has 76 heavy (non-hydrogen) atoms. The van der Waals surface area contributed by atoms with Crippen LogP contribution in [0.4, 0.5) is 0 Å². The molecule has 0 bridgehead atoms. The third-order valence-electron chi connectivity index (χ3n) is 15.5. The van der Waals surface area contributed by atoms with Crippen LogP contribution < -0.4 is 0 Å². The molecule has 0 aliphatic carbocycles. The van der Waals surface area contributed by atoms with Crippen molar-refractivity contribution in [2.45, 2.75) is 0 Å². The molecule has 16 aromatic rings. The van der Waals surface area contributed by atoms with Crippen LogP contribution in [0.3, 0.4) is 0 Å². The summed E-state index contributed by atoms with van der Waals surface area (Å²) in [6, 6.07) is 96.4. The summed E-state index contributed by atoms with van der Waals surface area (Å²) in [6.07, 6.45) is 0. The van der Waals surface area contributed by atoms with Gasteiger partial charge in [0.05, 0.1) is 55.5 Å². The predicted molar refractivity (Wildman–Crippen MR) is 316 cm³/mol. The zero-order valence-electron chi connectivity index (χ0n) is 41.1. The minimum absolute atomic E-state index is 0.627. The molecule has 0 saturated heterocycles. The zero-order valence-corrected chi connectivity index (χ0v) is 41.1. The van der Waals surface area contributed by atoms with E-state index in [0.717, 1.165) is 95.0 Å². The Morgan fingerprint density at radius 1 is 0.197 bits per heavy atom. The molecular formula is C70H44N6. The maximum absolute atomic E-state index is 5.74. The first-order valence-corrected chi connectivity index (χ1v) is 25.9. The molecule has 354 valence electrons. The molecular weight excluding hydrogens is 925 g/mol. The summed E-state index contributed by atoms with van der Waals surface area (Å²) in [4.78, 5) is 11.3. The zero-order chi connectivity index (χ0) is 49.8. The van der Waals surface area contributed by atoms with E-state index in [4.69, 9.17) is 9.97 Å². The molecule has 0 spiro atoms. The van der Waals surface area contributed by atoms with E-state index in [1.54, 1.807) is 0 Å². The molecule has 0 saturated carbocycles. The van der Waals surface area contributed by atoms with Crippen molar-refractivity contribution < 1.29 is 0 Å². The molecule has 0 unspecified atom stereocenters. The van der Waals surface area contributed by atoms with Gasteiger partial charge in [-0.25, -0.2) is 9.97 Å². The van der Waals surface area contributed by atoms with Crippen molar-refractivity contribution in [3.8, 4) is 56.7 Å². The summed E-state index contributed by atoms with van der Waals surface area (Å²) in [6.45, 7) is 0. The van der Waals surface area contributed by atoms with E-state index in [-0.39, 0.29) is 0 Å². The molecule has 0 atom stereocenters. The highest BCUT2D eigenvalue weighted by Gasteiger charge is 2.22. The number of hydrogen-bond acceptors (Lipinski definition) is 2. The SMILES string of the molecule is c1ccc(-c2cc(-c3cc(-n4c5ccccc5c5ccccc54)cc(-n4c5ccccc5c5ccccc54)c3)nc(-c3cc(-n4c5ccccc5c5ccccc54)cc(-n4c5ccccc5c5ccccc54)c3)n2)cc1. The van der Waals surface area contributed by atoms with Crippen molar-refractivity contribution in [1.29, 1.82) is 0 Å². The third kappa shape index (κ3) is 6.41. The lowest BCUT2D eigenvalue weighted by Gasteiger charge is -2.17. The summed E-state index contributed by atoms with van der Waals surface area (Å²) in [5.74, 6) is 0.627. The minimum atomic E-state index is 0.627. The molecule has 5 aromatic heterocycles. The molecule has 0 N–H and O–H groups in total. The molecule has 0 fully saturated rings. The van der Waals surface area contributed by atoms with Gasteiger partial charge in [-0.1, -0.05) is 176 Å². The smallest absolute Gasteiger partial charge is 0.160 e. The second-order valence-electron chi connectivity index (χ2n) is 19.8. The lowest BCUT2D eigenvalue weighted by molar-refractivity contribution is 1.12. The molecule has 6 nitrogen and oxygen atoms in total. The van der Waals surface area contributed by atoms with Gasteiger partial charge < -0.3 is 18.3 Å². The topological polar surface area (TPSA) is 45.5 Å². The van der Waals surface area contributed by atoms with Crippen molar-refractivity contribution in [2.24, 2.45) is 0 Å². The Kier molecular flexibility index (Phi) is 9.23. The Bertz CT molecular complexity index is 4240. The highest BCUT2D eigenvalue weighted by molar-refractivity contribution is 6.13. The molecule has 16 rings (SSSR count). The number of rotatable bonds is 7. The summed E-state index contributed by atoms with van der Waals surface area (Å²) in [5, 5.41) is 9.64. The van der Waals surface area contributed by atoms with E-state index < -0.39 is 0 Å². The van der Waals surface area contributed by atoms with E-state index in [9.17, 15) is 0 Å². The molecule has 0 aliphatic rings. The highest BCUT2D eigenvalue weighted by Crippen LogP contribution is 2.41. The molecule has 11 aromatic carbocycles. The number of hydrogen-bond donors (Lipinski definition) is 0. The minimum Gasteiger partial charge on any atom is -0.309 e. The summed E-state index contributed by atoms with van der Waals surface area (Å²) >= 11 is 0. The molecule has 6 heteroatoms. The summed E-state index contributed by atoms with van der Waals surface area (Å²) < 4.78 is 9.64. The first kappa shape index (κ1) is 42.2. The van der Waals surface area contributed by atoms with Gasteiger partial charge in [0.2, 0.25) is 0 Å². The van der Waals surface area contributed by atoms with Crippen LogP contribution in [-0.2, 0) is 0 Å². The van der Waals surface area contributed by atoms with Crippen LogP contribution in [0.5, 0.6) is 0 Å². The number of para-hydroxylation sites is 8. The van der Waals surface area contributed by atoms with Gasteiger partial charge >= 0.3 is 0 Å². The average molecular weight is 969 g/mol. The van der Waals surface area contributed by atoms with Crippen LogP contribution in [0.2, 0.25) is 0 Å². The van der Waals surface area contributed by atoms with Gasteiger partial charge in [0.25, 0.3) is 0 Å². The van der Waals surface area contributed by atoms with Crippen molar-refractivity contribution >= 4 is 87.2 Å².